The number of para-hydroxylation sites is 1. The minimum Gasteiger partial charge on any atom is -0.480 e. The molecule has 104 valence electrons. The van der Waals surface area contributed by atoms with E-state index in [1.165, 1.54) is 11.8 Å². The van der Waals surface area contributed by atoms with Gasteiger partial charge in [0.1, 0.15) is 5.54 Å². The third-order valence-electron chi connectivity index (χ3n) is 3.05. The molecule has 1 rings (SSSR count). The van der Waals surface area contributed by atoms with Gasteiger partial charge in [-0.15, -0.1) is 0 Å². The summed E-state index contributed by atoms with van der Waals surface area (Å²) in [5.74, 6) is -1.02. The third kappa shape index (κ3) is 3.71. The van der Waals surface area contributed by atoms with Crippen LogP contribution in [0, 0.1) is 0 Å². The molecule has 1 atom stereocenters. The average molecular weight is 264 g/mol. The Hall–Kier alpha value is -2.04. The van der Waals surface area contributed by atoms with Crippen LogP contribution in [0.1, 0.15) is 26.7 Å². The van der Waals surface area contributed by atoms with Crippen molar-refractivity contribution in [1.29, 1.82) is 0 Å². The van der Waals surface area contributed by atoms with Crippen LogP contribution in [0.5, 0.6) is 0 Å². The number of urea groups is 1. The minimum absolute atomic E-state index is 0.386. The van der Waals surface area contributed by atoms with E-state index in [9.17, 15) is 14.7 Å². The van der Waals surface area contributed by atoms with Crippen molar-refractivity contribution >= 4 is 17.7 Å². The second-order valence-electron chi connectivity index (χ2n) is 4.71. The van der Waals surface area contributed by atoms with Gasteiger partial charge in [0.15, 0.2) is 0 Å². The van der Waals surface area contributed by atoms with E-state index < -0.39 is 17.5 Å². The van der Waals surface area contributed by atoms with Crippen LogP contribution in [-0.4, -0.2) is 29.7 Å². The number of rotatable bonds is 5. The molecule has 0 aliphatic rings. The molecule has 0 saturated carbocycles. The van der Waals surface area contributed by atoms with Gasteiger partial charge in [-0.3, -0.25) is 4.90 Å². The van der Waals surface area contributed by atoms with Crippen LogP contribution in [0.25, 0.3) is 0 Å². The van der Waals surface area contributed by atoms with E-state index >= 15 is 0 Å². The highest BCUT2D eigenvalue weighted by Gasteiger charge is 2.34. The molecular weight excluding hydrogens is 244 g/mol. The van der Waals surface area contributed by atoms with Crippen molar-refractivity contribution in [3.63, 3.8) is 0 Å². The molecule has 0 aliphatic carbocycles. The van der Waals surface area contributed by atoms with Crippen molar-refractivity contribution in [3.05, 3.63) is 30.3 Å². The van der Waals surface area contributed by atoms with Crippen molar-refractivity contribution < 1.29 is 14.7 Å². The predicted molar refractivity (Wildman–Crippen MR) is 74.3 cm³/mol. The van der Waals surface area contributed by atoms with Crippen molar-refractivity contribution in [2.24, 2.45) is 0 Å². The molecule has 0 spiro atoms. The highest BCUT2D eigenvalue weighted by molar-refractivity contribution is 5.95. The molecule has 1 unspecified atom stereocenters. The molecular formula is C14H20N2O3. The van der Waals surface area contributed by atoms with E-state index in [-0.39, 0.29) is 0 Å². The van der Waals surface area contributed by atoms with Gasteiger partial charge in [0.05, 0.1) is 0 Å². The van der Waals surface area contributed by atoms with Gasteiger partial charge in [-0.25, -0.2) is 9.59 Å². The standard InChI is InChI=1S/C14H20N2O3/c1-4-10-14(2,12(17)18)15-13(19)16(3)11-8-6-5-7-9-11/h5-9H,4,10H2,1-3H3,(H,15,19)(H,17,18). The molecule has 0 heterocycles. The van der Waals surface area contributed by atoms with Crippen molar-refractivity contribution in [3.8, 4) is 0 Å². The van der Waals surface area contributed by atoms with Crippen LogP contribution in [0.3, 0.4) is 0 Å². The second-order valence-corrected chi connectivity index (χ2v) is 4.71. The lowest BCUT2D eigenvalue weighted by atomic mass is 9.96. The Balaban J connectivity index is 2.81. The van der Waals surface area contributed by atoms with Crippen molar-refractivity contribution in [1.82, 2.24) is 5.32 Å². The Morgan fingerprint density at radius 1 is 1.32 bits per heavy atom. The zero-order chi connectivity index (χ0) is 14.5. The number of hydrogen-bond donors (Lipinski definition) is 2. The summed E-state index contributed by atoms with van der Waals surface area (Å²) >= 11 is 0. The molecule has 5 nitrogen and oxygen atoms in total. The Morgan fingerprint density at radius 2 is 1.89 bits per heavy atom. The number of carbonyl (C=O) groups is 2. The number of anilines is 1. The highest BCUT2D eigenvalue weighted by Crippen LogP contribution is 2.16. The monoisotopic (exact) mass is 264 g/mol. The quantitative estimate of drug-likeness (QED) is 0.858. The molecule has 0 saturated heterocycles. The van der Waals surface area contributed by atoms with Crippen molar-refractivity contribution in [2.45, 2.75) is 32.2 Å². The maximum Gasteiger partial charge on any atom is 0.329 e. The largest absolute Gasteiger partial charge is 0.480 e. The number of benzene rings is 1. The predicted octanol–water partition coefficient (Wildman–Crippen LogP) is 2.48. The van der Waals surface area contributed by atoms with Gasteiger partial charge < -0.3 is 10.4 Å². The van der Waals surface area contributed by atoms with E-state index in [0.717, 1.165) is 0 Å². The number of amides is 2. The zero-order valence-corrected chi connectivity index (χ0v) is 11.5. The van der Waals surface area contributed by atoms with Crippen LogP contribution in [0.15, 0.2) is 30.3 Å². The summed E-state index contributed by atoms with van der Waals surface area (Å²) in [5.41, 5.74) is -0.529. The van der Waals surface area contributed by atoms with Gasteiger partial charge in [-0.2, -0.15) is 0 Å². The van der Waals surface area contributed by atoms with E-state index in [1.54, 1.807) is 19.2 Å². The van der Waals surface area contributed by atoms with Crippen LogP contribution < -0.4 is 10.2 Å². The van der Waals surface area contributed by atoms with Crippen LogP contribution in [-0.2, 0) is 4.79 Å². The summed E-state index contributed by atoms with van der Waals surface area (Å²) in [6.45, 7) is 3.41. The molecule has 0 radical (unpaired) electrons. The summed E-state index contributed by atoms with van der Waals surface area (Å²) in [6, 6.07) is 8.65. The summed E-state index contributed by atoms with van der Waals surface area (Å²) in [5, 5.41) is 11.8. The number of aliphatic carboxylic acids is 1. The smallest absolute Gasteiger partial charge is 0.329 e. The molecule has 1 aromatic rings. The molecule has 2 N–H and O–H groups in total. The zero-order valence-electron chi connectivity index (χ0n) is 11.5. The first-order chi connectivity index (χ1) is 8.90. The number of nitrogens with one attached hydrogen (secondary N) is 1. The summed E-state index contributed by atoms with van der Waals surface area (Å²) in [7, 11) is 1.61. The van der Waals surface area contributed by atoms with Gasteiger partial charge in [0.2, 0.25) is 0 Å². The second kappa shape index (κ2) is 6.22. The van der Waals surface area contributed by atoms with E-state index in [2.05, 4.69) is 5.32 Å². The van der Waals surface area contributed by atoms with Gasteiger partial charge in [-0.05, 0) is 25.5 Å². The Labute approximate surface area is 113 Å². The maximum absolute atomic E-state index is 12.1. The lowest BCUT2D eigenvalue weighted by molar-refractivity contribution is -0.144. The lowest BCUT2D eigenvalue weighted by Gasteiger charge is -2.28. The third-order valence-corrected chi connectivity index (χ3v) is 3.05. The first-order valence-corrected chi connectivity index (χ1v) is 6.25. The Bertz CT molecular complexity index is 447. The topological polar surface area (TPSA) is 69.6 Å². The molecule has 1 aromatic carbocycles. The fraction of sp³-hybridized carbons (Fsp3) is 0.429. The van der Waals surface area contributed by atoms with Gasteiger partial charge in [0, 0.05) is 12.7 Å². The number of carboxylic acid groups (broad SMARTS) is 1. The molecule has 19 heavy (non-hydrogen) atoms. The number of hydrogen-bond acceptors (Lipinski definition) is 2. The van der Waals surface area contributed by atoms with E-state index in [4.69, 9.17) is 0 Å². The molecule has 2 amide bonds. The van der Waals surface area contributed by atoms with E-state index in [1.807, 2.05) is 25.1 Å². The summed E-state index contributed by atoms with van der Waals surface area (Å²) in [4.78, 5) is 24.8. The van der Waals surface area contributed by atoms with Crippen molar-refractivity contribution in [2.75, 3.05) is 11.9 Å². The van der Waals surface area contributed by atoms with Gasteiger partial charge >= 0.3 is 12.0 Å². The Morgan fingerprint density at radius 3 is 2.37 bits per heavy atom. The molecule has 0 fully saturated rings. The normalized spacial score (nSPS) is 13.4. The Kier molecular flexibility index (Phi) is 4.92. The van der Waals surface area contributed by atoms with E-state index in [0.29, 0.717) is 18.5 Å². The fourth-order valence-corrected chi connectivity index (χ4v) is 1.81. The van der Waals surface area contributed by atoms with Crippen LogP contribution >= 0.6 is 0 Å². The van der Waals surface area contributed by atoms with Gasteiger partial charge in [0.25, 0.3) is 0 Å². The maximum atomic E-state index is 12.1. The molecule has 0 aliphatic heterocycles. The number of carbonyl (C=O) groups excluding carboxylic acids is 1. The van der Waals surface area contributed by atoms with Crippen LogP contribution in [0.4, 0.5) is 10.5 Å². The molecule has 0 aromatic heterocycles. The first kappa shape index (κ1) is 15.0. The highest BCUT2D eigenvalue weighted by atomic mass is 16.4. The number of nitrogens with zero attached hydrogens (tertiary/aromatic N) is 1. The van der Waals surface area contributed by atoms with Gasteiger partial charge in [-0.1, -0.05) is 31.5 Å². The molecule has 0 bridgehead atoms. The van der Waals surface area contributed by atoms with Crippen LogP contribution in [0.2, 0.25) is 0 Å². The first-order valence-electron chi connectivity index (χ1n) is 6.25. The summed E-state index contributed by atoms with van der Waals surface area (Å²) in [6.07, 6.45) is 1.06. The average Bonchev–Trinajstić information content (AvgIpc) is 2.38. The number of carboxylic acids is 1. The minimum atomic E-state index is -1.24. The fourth-order valence-electron chi connectivity index (χ4n) is 1.81. The molecule has 5 heteroatoms. The SMILES string of the molecule is CCCC(C)(NC(=O)N(C)c1ccccc1)C(=O)O. The summed E-state index contributed by atoms with van der Waals surface area (Å²) < 4.78 is 0. The lowest BCUT2D eigenvalue weighted by Crippen LogP contribution is -2.55.